The second kappa shape index (κ2) is 7.81. The number of nitrogens with one attached hydrogen (secondary N) is 1. The van der Waals surface area contributed by atoms with E-state index in [1.165, 1.54) is 12.8 Å². The first-order valence-corrected chi connectivity index (χ1v) is 8.41. The molecule has 0 saturated carbocycles. The molecule has 6 nitrogen and oxygen atoms in total. The van der Waals surface area contributed by atoms with Crippen LogP contribution >= 0.6 is 0 Å². The molecule has 0 aromatic heterocycles. The highest BCUT2D eigenvalue weighted by molar-refractivity contribution is 7.89. The first-order valence-electron chi connectivity index (χ1n) is 6.80. The molecule has 2 aliphatic heterocycles. The van der Waals surface area contributed by atoms with Gasteiger partial charge in [-0.1, -0.05) is 0 Å². The molecule has 7 heteroatoms. The van der Waals surface area contributed by atoms with Crippen molar-refractivity contribution in [2.24, 2.45) is 5.92 Å². The molecule has 0 aliphatic carbocycles. The van der Waals surface area contributed by atoms with E-state index in [1.54, 1.807) is 4.31 Å². The van der Waals surface area contributed by atoms with Gasteiger partial charge in [-0.15, -0.1) is 0 Å². The first-order chi connectivity index (χ1) is 8.92. The Morgan fingerprint density at radius 1 is 1.37 bits per heavy atom. The van der Waals surface area contributed by atoms with E-state index in [9.17, 15) is 8.42 Å². The molecule has 0 atom stereocenters. The van der Waals surface area contributed by atoms with Crippen LogP contribution in [0.1, 0.15) is 32.6 Å². The van der Waals surface area contributed by atoms with Crippen LogP contribution in [0, 0.1) is 5.92 Å². The topological polar surface area (TPSA) is 86.7 Å². The fraction of sp³-hybridized carbons (Fsp3) is 0.917. The van der Waals surface area contributed by atoms with Gasteiger partial charge >= 0.3 is 0 Å². The Morgan fingerprint density at radius 2 is 1.95 bits per heavy atom. The standard InChI is InChI=1S/C10H20N2O2S.C2H4O2/c13-15(14)9-1-7-12(15)8-4-10-2-5-11-6-3-10;1-2(3)4/h10-11H,1-9H2;1H3,(H,3,4). The number of carboxylic acids is 1. The lowest BCUT2D eigenvalue weighted by molar-refractivity contribution is -0.134. The fourth-order valence-corrected chi connectivity index (χ4v) is 3.98. The van der Waals surface area contributed by atoms with Crippen LogP contribution in [0.4, 0.5) is 0 Å². The normalized spacial score (nSPS) is 23.6. The minimum Gasteiger partial charge on any atom is -0.481 e. The van der Waals surface area contributed by atoms with Gasteiger partial charge < -0.3 is 10.4 Å². The number of sulfonamides is 1. The largest absolute Gasteiger partial charge is 0.481 e. The Morgan fingerprint density at radius 3 is 2.42 bits per heavy atom. The van der Waals surface area contributed by atoms with E-state index in [0.29, 0.717) is 5.75 Å². The highest BCUT2D eigenvalue weighted by Gasteiger charge is 2.28. The number of carbonyl (C=O) groups is 1. The van der Waals surface area contributed by atoms with Crippen molar-refractivity contribution in [2.45, 2.75) is 32.6 Å². The average Bonchev–Trinajstić information content (AvgIpc) is 2.66. The second-order valence-corrected chi connectivity index (χ2v) is 7.16. The summed E-state index contributed by atoms with van der Waals surface area (Å²) in [4.78, 5) is 9.00. The van der Waals surface area contributed by atoms with E-state index in [0.717, 1.165) is 51.9 Å². The van der Waals surface area contributed by atoms with Crippen LogP contribution in [0.5, 0.6) is 0 Å². The Bertz CT molecular complexity index is 373. The van der Waals surface area contributed by atoms with E-state index in [1.807, 2.05) is 0 Å². The molecule has 2 fully saturated rings. The van der Waals surface area contributed by atoms with Gasteiger partial charge in [0.25, 0.3) is 5.97 Å². The van der Waals surface area contributed by atoms with Gasteiger partial charge in [-0.2, -0.15) is 0 Å². The van der Waals surface area contributed by atoms with E-state index in [2.05, 4.69) is 5.32 Å². The molecular weight excluding hydrogens is 268 g/mol. The molecule has 0 bridgehead atoms. The van der Waals surface area contributed by atoms with Gasteiger partial charge in [0, 0.05) is 20.0 Å². The van der Waals surface area contributed by atoms with Crippen molar-refractivity contribution in [1.29, 1.82) is 0 Å². The number of nitrogens with zero attached hydrogens (tertiary/aromatic N) is 1. The Labute approximate surface area is 115 Å². The maximum absolute atomic E-state index is 11.5. The van der Waals surface area contributed by atoms with Crippen LogP contribution < -0.4 is 5.32 Å². The number of rotatable bonds is 3. The van der Waals surface area contributed by atoms with Gasteiger partial charge in [-0.25, -0.2) is 12.7 Å². The number of hydrogen-bond acceptors (Lipinski definition) is 4. The van der Waals surface area contributed by atoms with Gasteiger partial charge in [0.15, 0.2) is 0 Å². The molecule has 19 heavy (non-hydrogen) atoms. The molecule has 0 amide bonds. The maximum atomic E-state index is 11.5. The van der Waals surface area contributed by atoms with Crippen LogP contribution in [0.25, 0.3) is 0 Å². The molecule has 0 spiro atoms. The minimum atomic E-state index is -2.87. The minimum absolute atomic E-state index is 0.360. The predicted octanol–water partition coefficient (Wildman–Crippen LogP) is 0.503. The Kier molecular flexibility index (Phi) is 6.74. The van der Waals surface area contributed by atoms with Crippen LogP contribution in [0.3, 0.4) is 0 Å². The zero-order valence-electron chi connectivity index (χ0n) is 11.5. The summed E-state index contributed by atoms with van der Waals surface area (Å²) in [5.41, 5.74) is 0. The summed E-state index contributed by atoms with van der Waals surface area (Å²) < 4.78 is 24.8. The lowest BCUT2D eigenvalue weighted by Crippen LogP contribution is -2.32. The zero-order chi connectivity index (χ0) is 14.3. The molecule has 2 rings (SSSR count). The zero-order valence-corrected chi connectivity index (χ0v) is 12.3. The van der Waals surface area contributed by atoms with Crippen LogP contribution in [0.15, 0.2) is 0 Å². The summed E-state index contributed by atoms with van der Waals surface area (Å²) in [7, 11) is -2.87. The van der Waals surface area contributed by atoms with Crippen LogP contribution in [-0.2, 0) is 14.8 Å². The number of aliphatic carboxylic acids is 1. The highest BCUT2D eigenvalue weighted by Crippen LogP contribution is 2.20. The van der Waals surface area contributed by atoms with E-state index < -0.39 is 16.0 Å². The summed E-state index contributed by atoms with van der Waals surface area (Å²) in [6.45, 7) is 4.76. The highest BCUT2D eigenvalue weighted by atomic mass is 32.2. The Hall–Kier alpha value is -0.660. The first kappa shape index (κ1) is 16.4. The number of piperidine rings is 1. The van der Waals surface area contributed by atoms with Crippen molar-refractivity contribution >= 4 is 16.0 Å². The lowest BCUT2D eigenvalue weighted by Gasteiger charge is -2.24. The molecule has 0 aromatic rings. The lowest BCUT2D eigenvalue weighted by atomic mass is 9.95. The average molecular weight is 292 g/mol. The summed E-state index contributed by atoms with van der Waals surface area (Å²) in [5.74, 6) is 0.251. The van der Waals surface area contributed by atoms with Crippen LogP contribution in [0.2, 0.25) is 0 Å². The molecule has 2 saturated heterocycles. The Balaban J connectivity index is 0.000000399. The molecule has 112 valence electrons. The molecule has 2 N–H and O–H groups in total. The van der Waals surface area contributed by atoms with Gasteiger partial charge in [0.2, 0.25) is 10.0 Å². The summed E-state index contributed by atoms with van der Waals surface area (Å²) in [6, 6.07) is 0. The van der Waals surface area contributed by atoms with E-state index in [-0.39, 0.29) is 0 Å². The van der Waals surface area contributed by atoms with Gasteiger partial charge in [0.1, 0.15) is 0 Å². The molecule has 0 radical (unpaired) electrons. The molecule has 2 heterocycles. The smallest absolute Gasteiger partial charge is 0.300 e. The van der Waals surface area contributed by atoms with Crippen molar-refractivity contribution in [2.75, 3.05) is 31.9 Å². The van der Waals surface area contributed by atoms with E-state index >= 15 is 0 Å². The van der Waals surface area contributed by atoms with Crippen molar-refractivity contribution in [3.05, 3.63) is 0 Å². The fourth-order valence-electron chi connectivity index (χ4n) is 2.44. The summed E-state index contributed by atoms with van der Waals surface area (Å²) >= 11 is 0. The summed E-state index contributed by atoms with van der Waals surface area (Å²) in [5, 5.41) is 10.7. The molecule has 0 aromatic carbocycles. The maximum Gasteiger partial charge on any atom is 0.300 e. The molecule has 0 unspecified atom stereocenters. The quantitative estimate of drug-likeness (QED) is 0.791. The number of carboxylic acid groups (broad SMARTS) is 1. The predicted molar refractivity (Wildman–Crippen MR) is 73.5 cm³/mol. The monoisotopic (exact) mass is 292 g/mol. The third kappa shape index (κ3) is 6.35. The van der Waals surface area contributed by atoms with Crippen molar-refractivity contribution in [3.8, 4) is 0 Å². The van der Waals surface area contributed by atoms with Gasteiger partial charge in [0.05, 0.1) is 5.75 Å². The van der Waals surface area contributed by atoms with Crippen molar-refractivity contribution < 1.29 is 18.3 Å². The SMILES string of the molecule is CC(=O)O.O=S1(=O)CCCN1CCC1CCNCC1. The van der Waals surface area contributed by atoms with Crippen LogP contribution in [-0.4, -0.2) is 55.7 Å². The van der Waals surface area contributed by atoms with E-state index in [4.69, 9.17) is 9.90 Å². The second-order valence-electron chi connectivity index (χ2n) is 5.07. The summed E-state index contributed by atoms with van der Waals surface area (Å²) in [6.07, 6.45) is 4.26. The van der Waals surface area contributed by atoms with Gasteiger partial charge in [-0.3, -0.25) is 4.79 Å². The third-order valence-electron chi connectivity index (χ3n) is 3.45. The van der Waals surface area contributed by atoms with Gasteiger partial charge in [-0.05, 0) is 44.7 Å². The molecular formula is C12H24N2O4S. The molecule has 2 aliphatic rings. The third-order valence-corrected chi connectivity index (χ3v) is 5.41. The van der Waals surface area contributed by atoms with Crippen molar-refractivity contribution in [3.63, 3.8) is 0 Å². The van der Waals surface area contributed by atoms with Crippen molar-refractivity contribution in [1.82, 2.24) is 9.62 Å². The number of hydrogen-bond donors (Lipinski definition) is 2.